The fourth-order valence-electron chi connectivity index (χ4n) is 4.45. The Balaban J connectivity index is 1.36. The molecule has 2 heterocycles. The lowest BCUT2D eigenvalue weighted by atomic mass is 10.0. The van der Waals surface area contributed by atoms with E-state index in [2.05, 4.69) is 22.0 Å². The zero-order chi connectivity index (χ0) is 26.4. The van der Waals surface area contributed by atoms with Crippen LogP contribution >= 0.6 is 23.2 Å². The molecule has 0 aliphatic carbocycles. The van der Waals surface area contributed by atoms with Gasteiger partial charge in [0.2, 0.25) is 0 Å². The molecule has 2 unspecified atom stereocenters. The van der Waals surface area contributed by atoms with Gasteiger partial charge in [-0.25, -0.2) is 9.37 Å². The number of anilines is 1. The molecule has 0 bridgehead atoms. The number of β-amino-alcohol motifs (C(OH)–C–C–N with tert-alkyl or cyclic N) is 1. The number of aliphatic hydroxyl groups excluding tert-OH is 1. The Morgan fingerprint density at radius 2 is 1.86 bits per heavy atom. The fourth-order valence-corrected chi connectivity index (χ4v) is 5.13. The minimum Gasteiger partial charge on any atom is -0.482 e. The van der Waals surface area contributed by atoms with Gasteiger partial charge in [0.05, 0.1) is 24.3 Å². The van der Waals surface area contributed by atoms with E-state index in [1.54, 1.807) is 19.2 Å². The summed E-state index contributed by atoms with van der Waals surface area (Å²) in [5.41, 5.74) is 9.41. The number of nitrogens with two attached hydrogens (primary N) is 1. The number of nitrogens with zero attached hydrogens (tertiary/aromatic N) is 2. The maximum Gasteiger partial charge on any atom is 0.166 e. The van der Waals surface area contributed by atoms with Crippen molar-refractivity contribution in [1.82, 2.24) is 9.88 Å². The minimum atomic E-state index is -0.643. The number of halogens is 3. The van der Waals surface area contributed by atoms with Crippen LogP contribution in [0.15, 0.2) is 48.7 Å². The molecule has 6 nitrogen and oxygen atoms in total. The Morgan fingerprint density at radius 3 is 2.59 bits per heavy atom. The molecule has 0 spiro atoms. The third-order valence-electron chi connectivity index (χ3n) is 6.53. The highest BCUT2D eigenvalue weighted by Gasteiger charge is 2.20. The Hall–Kier alpha value is -2.42. The predicted octanol–water partition coefficient (Wildman–Crippen LogP) is 5.93. The average molecular weight is 548 g/mol. The second-order valence-corrected chi connectivity index (χ2v) is 10.1. The number of ether oxygens (including phenoxy) is 2. The molecule has 37 heavy (non-hydrogen) atoms. The van der Waals surface area contributed by atoms with E-state index in [1.807, 2.05) is 12.1 Å². The average Bonchev–Trinajstić information content (AvgIpc) is 2.89. The lowest BCUT2D eigenvalue weighted by Gasteiger charge is -2.28. The fraction of sp³-hybridized carbons (Fsp3) is 0.393. The van der Waals surface area contributed by atoms with Crippen molar-refractivity contribution in [3.05, 3.63) is 75.7 Å². The van der Waals surface area contributed by atoms with Crippen molar-refractivity contribution in [3.8, 4) is 16.9 Å². The summed E-state index contributed by atoms with van der Waals surface area (Å²) in [6, 6.07) is 12.7. The summed E-state index contributed by atoms with van der Waals surface area (Å²) >= 11 is 12.4. The molecule has 2 aromatic carbocycles. The minimum absolute atomic E-state index is 0.0770. The van der Waals surface area contributed by atoms with Gasteiger partial charge in [0.25, 0.3) is 0 Å². The largest absolute Gasteiger partial charge is 0.482 e. The summed E-state index contributed by atoms with van der Waals surface area (Å²) in [7, 11) is 0. The van der Waals surface area contributed by atoms with Gasteiger partial charge in [-0.3, -0.25) is 4.90 Å². The smallest absolute Gasteiger partial charge is 0.166 e. The van der Waals surface area contributed by atoms with Crippen LogP contribution in [0, 0.1) is 5.82 Å². The first kappa shape index (κ1) is 27.6. The number of hydrogen-bond donors (Lipinski definition) is 2. The topological polar surface area (TPSA) is 80.8 Å². The maximum atomic E-state index is 14.0. The van der Waals surface area contributed by atoms with Crippen molar-refractivity contribution in [2.45, 2.75) is 38.4 Å². The van der Waals surface area contributed by atoms with E-state index < -0.39 is 11.9 Å². The number of hydrogen-bond acceptors (Lipinski definition) is 6. The van der Waals surface area contributed by atoms with E-state index in [0.717, 1.165) is 56.7 Å². The molecule has 198 valence electrons. The van der Waals surface area contributed by atoms with Gasteiger partial charge in [-0.1, -0.05) is 47.5 Å². The van der Waals surface area contributed by atoms with Crippen LogP contribution in [0.5, 0.6) is 5.75 Å². The van der Waals surface area contributed by atoms with Crippen LogP contribution in [0.25, 0.3) is 11.1 Å². The highest BCUT2D eigenvalue weighted by atomic mass is 35.5. The van der Waals surface area contributed by atoms with E-state index in [1.165, 1.54) is 17.7 Å². The van der Waals surface area contributed by atoms with Crippen molar-refractivity contribution in [1.29, 1.82) is 0 Å². The monoisotopic (exact) mass is 547 g/mol. The molecule has 0 saturated carbocycles. The highest BCUT2D eigenvalue weighted by Crippen LogP contribution is 2.37. The number of benzene rings is 2. The van der Waals surface area contributed by atoms with E-state index in [4.69, 9.17) is 38.4 Å². The van der Waals surface area contributed by atoms with Crippen molar-refractivity contribution in [2.75, 3.05) is 38.6 Å². The number of aliphatic hydroxyl groups is 1. The first-order chi connectivity index (χ1) is 17.8. The normalized spacial score (nSPS) is 15.9. The highest BCUT2D eigenvalue weighted by molar-refractivity contribution is 6.36. The first-order valence-electron chi connectivity index (χ1n) is 12.4. The molecular formula is C28H32Cl2FN3O3. The maximum absolute atomic E-state index is 14.0. The number of rotatable bonds is 10. The van der Waals surface area contributed by atoms with Gasteiger partial charge in [0.1, 0.15) is 11.9 Å². The molecule has 0 amide bonds. The lowest BCUT2D eigenvalue weighted by Crippen LogP contribution is -2.40. The van der Waals surface area contributed by atoms with Crippen LogP contribution in [0.2, 0.25) is 10.0 Å². The van der Waals surface area contributed by atoms with E-state index in [0.29, 0.717) is 22.9 Å². The summed E-state index contributed by atoms with van der Waals surface area (Å²) in [4.78, 5) is 6.53. The second-order valence-electron chi connectivity index (χ2n) is 9.28. The molecule has 3 aromatic rings. The Kier molecular flexibility index (Phi) is 9.62. The first-order valence-corrected chi connectivity index (χ1v) is 13.2. The number of pyridine rings is 1. The summed E-state index contributed by atoms with van der Waals surface area (Å²) in [6.45, 7) is 5.68. The third-order valence-corrected chi connectivity index (χ3v) is 7.25. The number of aryl methyl sites for hydroxylation is 1. The van der Waals surface area contributed by atoms with Gasteiger partial charge in [0.15, 0.2) is 11.6 Å². The van der Waals surface area contributed by atoms with Crippen LogP contribution in [0.3, 0.4) is 0 Å². The molecule has 1 aliphatic heterocycles. The Morgan fingerprint density at radius 1 is 1.14 bits per heavy atom. The van der Waals surface area contributed by atoms with Gasteiger partial charge in [0, 0.05) is 42.0 Å². The molecule has 0 radical (unpaired) electrons. The van der Waals surface area contributed by atoms with Crippen molar-refractivity contribution in [2.24, 2.45) is 0 Å². The van der Waals surface area contributed by atoms with Crippen LogP contribution < -0.4 is 10.5 Å². The van der Waals surface area contributed by atoms with Gasteiger partial charge < -0.3 is 20.3 Å². The lowest BCUT2D eigenvalue weighted by molar-refractivity contribution is 0.0129. The van der Waals surface area contributed by atoms with Gasteiger partial charge >= 0.3 is 0 Å². The summed E-state index contributed by atoms with van der Waals surface area (Å²) < 4.78 is 25.3. The number of morpholine rings is 1. The quantitative estimate of drug-likeness (QED) is 0.306. The molecule has 9 heteroatoms. The second kappa shape index (κ2) is 12.9. The van der Waals surface area contributed by atoms with Crippen LogP contribution in [-0.2, 0) is 11.2 Å². The molecule has 1 aliphatic rings. The van der Waals surface area contributed by atoms with Crippen molar-refractivity contribution >= 4 is 29.0 Å². The summed E-state index contributed by atoms with van der Waals surface area (Å²) in [5.74, 6) is 0.00861. The standard InChI is InChI=1S/C28H32Cl2FN3O3/c1-18(26-23(29)9-10-24(31)27(26)30)37-25-15-21(16-33-28(25)32)20-7-5-19(6-8-20)3-2-4-22(35)17-34-11-13-36-14-12-34/h5-10,15-16,18,22,35H,2-4,11-14,17H2,1H3,(H2,32,33). The van der Waals surface area contributed by atoms with E-state index >= 15 is 0 Å². The molecule has 2 atom stereocenters. The van der Waals surface area contributed by atoms with Crippen molar-refractivity contribution < 1.29 is 19.0 Å². The summed E-state index contributed by atoms with van der Waals surface area (Å²) in [6.07, 6.45) is 3.29. The van der Waals surface area contributed by atoms with E-state index in [-0.39, 0.29) is 16.9 Å². The zero-order valence-electron chi connectivity index (χ0n) is 20.8. The van der Waals surface area contributed by atoms with Crippen LogP contribution in [-0.4, -0.2) is 53.9 Å². The zero-order valence-corrected chi connectivity index (χ0v) is 22.3. The Bertz CT molecular complexity index is 1190. The SMILES string of the molecule is CC(Oc1cc(-c2ccc(CCCC(O)CN3CCOCC3)cc2)cnc1N)c1c(Cl)ccc(F)c1Cl. The van der Waals surface area contributed by atoms with Gasteiger partial charge in [-0.15, -0.1) is 0 Å². The molecular weight excluding hydrogens is 516 g/mol. The number of nitrogen functional groups attached to an aromatic ring is 1. The third kappa shape index (κ3) is 7.33. The predicted molar refractivity (Wildman–Crippen MR) is 146 cm³/mol. The molecule has 3 N–H and O–H groups in total. The summed E-state index contributed by atoms with van der Waals surface area (Å²) in [5, 5.41) is 10.6. The van der Waals surface area contributed by atoms with Gasteiger partial charge in [-0.2, -0.15) is 0 Å². The molecule has 1 fully saturated rings. The molecule has 4 rings (SSSR count). The van der Waals surface area contributed by atoms with E-state index in [9.17, 15) is 9.50 Å². The molecule has 1 aromatic heterocycles. The Labute approximate surface area is 227 Å². The number of aromatic nitrogens is 1. The van der Waals surface area contributed by atoms with Gasteiger partial charge in [-0.05, 0) is 55.5 Å². The van der Waals surface area contributed by atoms with Crippen molar-refractivity contribution in [3.63, 3.8) is 0 Å². The molecule has 1 saturated heterocycles. The van der Waals surface area contributed by atoms with Crippen LogP contribution in [0.4, 0.5) is 10.2 Å². The van der Waals surface area contributed by atoms with Crippen LogP contribution in [0.1, 0.15) is 37.0 Å².